The molecule has 4 heteroatoms. The highest BCUT2D eigenvalue weighted by Gasteiger charge is 2.68. The Labute approximate surface area is 186 Å². The molecule has 0 amide bonds. The van der Waals surface area contributed by atoms with E-state index in [1.807, 2.05) is 12.1 Å². The monoisotopic (exact) mass is 423 g/mol. The van der Waals surface area contributed by atoms with Crippen molar-refractivity contribution in [1.82, 2.24) is 0 Å². The van der Waals surface area contributed by atoms with Crippen LogP contribution in [0, 0.1) is 35.5 Å². The minimum absolute atomic E-state index is 0.0680. The summed E-state index contributed by atoms with van der Waals surface area (Å²) in [7, 11) is 0. The van der Waals surface area contributed by atoms with Gasteiger partial charge in [0.15, 0.2) is 0 Å². The lowest BCUT2D eigenvalue weighted by molar-refractivity contribution is -0.306. The molecule has 6 rings (SSSR count). The Morgan fingerprint density at radius 3 is 2.81 bits per heavy atom. The summed E-state index contributed by atoms with van der Waals surface area (Å²) in [5.41, 5.74) is 8.52. The van der Waals surface area contributed by atoms with Crippen LogP contribution >= 0.6 is 0 Å². The Balaban J connectivity index is 1.65. The van der Waals surface area contributed by atoms with Gasteiger partial charge in [0.05, 0.1) is 17.1 Å². The van der Waals surface area contributed by atoms with Crippen LogP contribution in [0.1, 0.15) is 69.9 Å². The van der Waals surface area contributed by atoms with Gasteiger partial charge < -0.3 is 20.7 Å². The van der Waals surface area contributed by atoms with Gasteiger partial charge >= 0.3 is 0 Å². The Kier molecular flexibility index (Phi) is 5.16. The molecule has 4 nitrogen and oxygen atoms in total. The summed E-state index contributed by atoms with van der Waals surface area (Å²) in [5, 5.41) is 20.1. The molecule has 4 bridgehead atoms. The number of benzene rings is 1. The Morgan fingerprint density at radius 1 is 1.19 bits per heavy atom. The first-order valence-corrected chi connectivity index (χ1v) is 12.2. The zero-order chi connectivity index (χ0) is 21.9. The zero-order valence-corrected chi connectivity index (χ0v) is 19.0. The first-order valence-electron chi connectivity index (χ1n) is 12.2. The standard InChI is InChI=1S/C27H37NO3/c1-25(2)23-11-12-27(31-25)21-7-3-5-18(16-21)15-20-9-10-22(30)17-19(20)6-4-8-24(27)26(23,28)13-14-29/h9-10,17-18,21,23-24,29-30H,3,5-7,11-16,28H2,1-2H3/t18-,21+,23+,24+,26+,27+/m0/s1. The fraction of sp³-hybridized carbons (Fsp3) is 0.704. The molecule has 1 spiro atoms. The molecule has 3 aliphatic carbocycles. The van der Waals surface area contributed by atoms with Crippen molar-refractivity contribution in [1.29, 1.82) is 0 Å². The van der Waals surface area contributed by atoms with E-state index in [0.29, 0.717) is 30.4 Å². The topological polar surface area (TPSA) is 75.7 Å². The summed E-state index contributed by atoms with van der Waals surface area (Å²) < 4.78 is 7.06. The molecule has 31 heavy (non-hydrogen) atoms. The van der Waals surface area contributed by atoms with Crippen LogP contribution in [0.3, 0.4) is 0 Å². The highest BCUT2D eigenvalue weighted by molar-refractivity contribution is 5.39. The van der Waals surface area contributed by atoms with E-state index in [-0.39, 0.29) is 29.6 Å². The fourth-order valence-electron chi connectivity index (χ4n) is 7.85. The first-order chi connectivity index (χ1) is 14.8. The zero-order valence-electron chi connectivity index (χ0n) is 19.0. The molecule has 0 radical (unpaired) electrons. The van der Waals surface area contributed by atoms with Crippen LogP contribution < -0.4 is 5.73 Å². The lowest BCUT2D eigenvalue weighted by atomic mass is 9.48. The molecule has 168 valence electrons. The number of nitrogens with two attached hydrogens (primary N) is 1. The van der Waals surface area contributed by atoms with Gasteiger partial charge in [-0.15, -0.1) is 0 Å². The summed E-state index contributed by atoms with van der Waals surface area (Å²) in [6.45, 7) is 4.48. The lowest BCUT2D eigenvalue weighted by Crippen LogP contribution is -2.77. The second-order valence-corrected chi connectivity index (χ2v) is 11.2. The average Bonchev–Trinajstić information content (AvgIpc) is 2.72. The van der Waals surface area contributed by atoms with Gasteiger partial charge in [0.25, 0.3) is 0 Å². The number of aromatic hydroxyl groups is 1. The van der Waals surface area contributed by atoms with Gasteiger partial charge in [0.1, 0.15) is 5.75 Å². The molecular weight excluding hydrogens is 386 g/mol. The van der Waals surface area contributed by atoms with E-state index in [2.05, 4.69) is 31.8 Å². The van der Waals surface area contributed by atoms with Crippen molar-refractivity contribution < 1.29 is 14.9 Å². The second-order valence-electron chi connectivity index (χ2n) is 11.2. The van der Waals surface area contributed by atoms with Gasteiger partial charge in [0.2, 0.25) is 0 Å². The number of aliphatic hydroxyl groups excluding tert-OH is 1. The van der Waals surface area contributed by atoms with Crippen LogP contribution in [0.2, 0.25) is 0 Å². The maximum Gasteiger partial charge on any atom is 0.115 e. The van der Waals surface area contributed by atoms with Crippen molar-refractivity contribution in [3.63, 3.8) is 0 Å². The quantitative estimate of drug-likeness (QED) is 0.630. The predicted molar refractivity (Wildman–Crippen MR) is 121 cm³/mol. The molecule has 6 atom stereocenters. The highest BCUT2D eigenvalue weighted by Crippen LogP contribution is 2.62. The fourth-order valence-corrected chi connectivity index (χ4v) is 7.85. The molecule has 2 saturated heterocycles. The van der Waals surface area contributed by atoms with Crippen LogP contribution in [-0.2, 0) is 17.6 Å². The summed E-state index contributed by atoms with van der Waals surface area (Å²) in [5.74, 6) is 8.59. The normalized spacial score (nSPS) is 40.6. The molecule has 0 aromatic heterocycles. The molecule has 1 aromatic rings. The van der Waals surface area contributed by atoms with Gasteiger partial charge in [0, 0.05) is 24.5 Å². The van der Waals surface area contributed by atoms with E-state index >= 15 is 0 Å². The van der Waals surface area contributed by atoms with E-state index in [1.165, 1.54) is 24.8 Å². The second kappa shape index (κ2) is 7.51. The van der Waals surface area contributed by atoms with E-state index in [1.54, 1.807) is 0 Å². The lowest BCUT2D eigenvalue weighted by Gasteiger charge is -2.68. The van der Waals surface area contributed by atoms with Crippen LogP contribution in [0.5, 0.6) is 5.75 Å². The van der Waals surface area contributed by atoms with Gasteiger partial charge in [-0.2, -0.15) is 0 Å². The Morgan fingerprint density at radius 2 is 2.03 bits per heavy atom. The SMILES string of the molecule is CC1(C)O[C@@]23CC[C@H]1[C@](N)(CCO)[C@H]2C#CCc1cc(O)ccc1C[C@@H]1CCC[C@@H]3C1. The highest BCUT2D eigenvalue weighted by atomic mass is 16.5. The summed E-state index contributed by atoms with van der Waals surface area (Å²) in [6, 6.07) is 5.78. The van der Waals surface area contributed by atoms with Crippen molar-refractivity contribution in [3.8, 4) is 17.6 Å². The summed E-state index contributed by atoms with van der Waals surface area (Å²) >= 11 is 0. The number of hydrogen-bond acceptors (Lipinski definition) is 4. The number of ether oxygens (including phenoxy) is 1. The van der Waals surface area contributed by atoms with Crippen molar-refractivity contribution in [3.05, 3.63) is 29.3 Å². The van der Waals surface area contributed by atoms with Gasteiger partial charge in [-0.05, 0) is 87.5 Å². The van der Waals surface area contributed by atoms with Crippen LogP contribution in [0.15, 0.2) is 18.2 Å². The molecule has 0 unspecified atom stereocenters. The van der Waals surface area contributed by atoms with Crippen LogP contribution in [0.25, 0.3) is 0 Å². The van der Waals surface area contributed by atoms with Crippen LogP contribution in [0.4, 0.5) is 0 Å². The number of fused-ring (bicyclic) bond motifs is 5. The summed E-state index contributed by atoms with van der Waals surface area (Å²) in [6.07, 6.45) is 9.10. The third kappa shape index (κ3) is 3.32. The molecule has 2 heterocycles. The number of rotatable bonds is 2. The van der Waals surface area contributed by atoms with Crippen molar-refractivity contribution in [2.75, 3.05) is 6.61 Å². The molecule has 5 aliphatic rings. The molecule has 4 fully saturated rings. The maximum atomic E-state index is 10.1. The van der Waals surface area contributed by atoms with Gasteiger partial charge in [-0.3, -0.25) is 0 Å². The van der Waals surface area contributed by atoms with Crippen LogP contribution in [-0.4, -0.2) is 33.6 Å². The van der Waals surface area contributed by atoms with E-state index in [4.69, 9.17) is 10.5 Å². The maximum absolute atomic E-state index is 10.1. The van der Waals surface area contributed by atoms with E-state index in [0.717, 1.165) is 31.2 Å². The number of hydrogen-bond donors (Lipinski definition) is 3. The number of aliphatic hydroxyl groups is 1. The largest absolute Gasteiger partial charge is 0.508 e. The molecule has 4 N–H and O–H groups in total. The molecule has 2 aliphatic heterocycles. The van der Waals surface area contributed by atoms with Crippen molar-refractivity contribution in [2.24, 2.45) is 29.4 Å². The van der Waals surface area contributed by atoms with Gasteiger partial charge in [-0.1, -0.05) is 30.7 Å². The Bertz CT molecular complexity index is 915. The summed E-state index contributed by atoms with van der Waals surface area (Å²) in [4.78, 5) is 0. The van der Waals surface area contributed by atoms with Crippen molar-refractivity contribution in [2.45, 2.75) is 88.4 Å². The smallest absolute Gasteiger partial charge is 0.115 e. The van der Waals surface area contributed by atoms with Gasteiger partial charge in [-0.25, -0.2) is 0 Å². The third-order valence-corrected chi connectivity index (χ3v) is 9.03. The predicted octanol–water partition coefficient (Wildman–Crippen LogP) is 3.95. The van der Waals surface area contributed by atoms with E-state index < -0.39 is 5.54 Å². The minimum atomic E-state index is -0.537. The Hall–Kier alpha value is -1.54. The molecular formula is C27H37NO3. The van der Waals surface area contributed by atoms with Crippen molar-refractivity contribution >= 4 is 0 Å². The minimum Gasteiger partial charge on any atom is -0.508 e. The number of phenolic OH excluding ortho intramolecular Hbond substituents is 1. The molecule has 2 saturated carbocycles. The number of phenols is 1. The van der Waals surface area contributed by atoms with E-state index in [9.17, 15) is 10.2 Å². The first kappa shape index (κ1) is 21.3. The third-order valence-electron chi connectivity index (χ3n) is 9.03. The molecule has 1 aromatic carbocycles. The average molecular weight is 424 g/mol.